The highest BCUT2D eigenvalue weighted by Crippen LogP contribution is 2.37. The van der Waals surface area contributed by atoms with Crippen LogP contribution in [0.1, 0.15) is 23.7 Å². The van der Waals surface area contributed by atoms with E-state index in [0.717, 1.165) is 12.2 Å². The molecule has 0 fully saturated rings. The first-order valence-corrected chi connectivity index (χ1v) is 7.78. The van der Waals surface area contributed by atoms with Crippen LogP contribution in [-0.2, 0) is 0 Å². The minimum atomic E-state index is -0.911. The number of furan rings is 1. The van der Waals surface area contributed by atoms with E-state index in [1.54, 1.807) is 30.3 Å². The molecule has 0 saturated heterocycles. The van der Waals surface area contributed by atoms with E-state index in [9.17, 15) is 5.11 Å². The fraction of sp³-hybridized carbons (Fsp3) is 0.222. The van der Waals surface area contributed by atoms with E-state index >= 15 is 0 Å². The predicted molar refractivity (Wildman–Crippen MR) is 94.7 cm³/mol. The monoisotopic (exact) mass is 327 g/mol. The van der Waals surface area contributed by atoms with Crippen LogP contribution in [0, 0.1) is 0 Å². The molecule has 3 aromatic rings. The van der Waals surface area contributed by atoms with Crippen molar-refractivity contribution in [2.24, 2.45) is 5.73 Å². The van der Waals surface area contributed by atoms with Gasteiger partial charge in [-0.05, 0) is 48.9 Å². The molecule has 0 radical (unpaired) electrons. The maximum atomic E-state index is 10.7. The van der Waals surface area contributed by atoms with E-state index in [-0.39, 0.29) is 5.88 Å². The number of benzene rings is 2. The second kappa shape index (κ2) is 6.82. The molecule has 0 aliphatic heterocycles. The Bertz CT molecular complexity index is 827. The molecule has 6 nitrogen and oxygen atoms in total. The summed E-state index contributed by atoms with van der Waals surface area (Å²) in [5, 5.41) is 11.4. The molecular formula is C18H21N3O3. The van der Waals surface area contributed by atoms with Crippen LogP contribution >= 0.6 is 0 Å². The summed E-state index contributed by atoms with van der Waals surface area (Å²) in [5.74, 6) is 0.917. The van der Waals surface area contributed by atoms with Crippen molar-refractivity contribution >= 4 is 22.5 Å². The third-order valence-electron chi connectivity index (χ3n) is 3.87. The van der Waals surface area contributed by atoms with Crippen LogP contribution in [0.5, 0.6) is 5.75 Å². The zero-order chi connectivity index (χ0) is 17.1. The molecule has 1 unspecified atom stereocenters. The molecule has 0 spiro atoms. The summed E-state index contributed by atoms with van der Waals surface area (Å²) in [6.45, 7) is 1.16. The minimum absolute atomic E-state index is 0.186. The second-order valence-electron chi connectivity index (χ2n) is 5.60. The smallest absolute Gasteiger partial charge is 0.197 e. The number of rotatable bonds is 6. The van der Waals surface area contributed by atoms with Gasteiger partial charge in [0.2, 0.25) is 0 Å². The van der Waals surface area contributed by atoms with Crippen LogP contribution in [0.15, 0.2) is 46.9 Å². The summed E-state index contributed by atoms with van der Waals surface area (Å²) in [7, 11) is 0. The lowest BCUT2D eigenvalue weighted by Gasteiger charge is -2.12. The van der Waals surface area contributed by atoms with Gasteiger partial charge in [0.1, 0.15) is 17.4 Å². The number of nitrogens with two attached hydrogens (primary N) is 3. The van der Waals surface area contributed by atoms with Crippen molar-refractivity contribution in [3.8, 4) is 5.75 Å². The maximum absolute atomic E-state index is 10.7. The maximum Gasteiger partial charge on any atom is 0.197 e. The Morgan fingerprint density at radius 1 is 1.08 bits per heavy atom. The highest BCUT2D eigenvalue weighted by atomic mass is 16.5. The largest absolute Gasteiger partial charge is 0.494 e. The van der Waals surface area contributed by atoms with Crippen molar-refractivity contribution in [1.82, 2.24) is 0 Å². The summed E-state index contributed by atoms with van der Waals surface area (Å²) in [5.41, 5.74) is 19.6. The van der Waals surface area contributed by atoms with Gasteiger partial charge in [-0.3, -0.25) is 0 Å². The van der Waals surface area contributed by atoms with Gasteiger partial charge in [-0.25, -0.2) is 0 Å². The Morgan fingerprint density at radius 3 is 2.54 bits per heavy atom. The highest BCUT2D eigenvalue weighted by molar-refractivity contribution is 5.88. The number of nitrogen functional groups attached to an aromatic ring is 2. The average molecular weight is 327 g/mol. The van der Waals surface area contributed by atoms with Crippen LogP contribution in [0.2, 0.25) is 0 Å². The third-order valence-corrected chi connectivity index (χ3v) is 3.87. The van der Waals surface area contributed by atoms with Crippen molar-refractivity contribution in [2.75, 3.05) is 24.6 Å². The van der Waals surface area contributed by atoms with Gasteiger partial charge in [0, 0.05) is 11.1 Å². The van der Waals surface area contributed by atoms with Gasteiger partial charge >= 0.3 is 0 Å². The normalized spacial score (nSPS) is 12.4. The fourth-order valence-corrected chi connectivity index (χ4v) is 2.62. The first-order valence-electron chi connectivity index (χ1n) is 7.78. The quantitative estimate of drug-likeness (QED) is 0.407. The summed E-state index contributed by atoms with van der Waals surface area (Å²) in [4.78, 5) is 0. The summed E-state index contributed by atoms with van der Waals surface area (Å²) in [6.07, 6.45) is -0.116. The van der Waals surface area contributed by atoms with E-state index in [4.69, 9.17) is 26.4 Å². The van der Waals surface area contributed by atoms with Crippen LogP contribution in [-0.4, -0.2) is 18.3 Å². The van der Waals surface area contributed by atoms with Gasteiger partial charge in [-0.15, -0.1) is 0 Å². The first kappa shape index (κ1) is 16.2. The Balaban J connectivity index is 1.87. The molecule has 0 aliphatic rings. The van der Waals surface area contributed by atoms with Crippen LogP contribution in [0.4, 0.5) is 11.6 Å². The van der Waals surface area contributed by atoms with Crippen LogP contribution in [0.25, 0.3) is 11.0 Å². The molecule has 6 heteroatoms. The number of anilines is 2. The molecule has 0 aliphatic carbocycles. The zero-order valence-electron chi connectivity index (χ0n) is 13.2. The number of aliphatic hydroxyl groups excluding tert-OH is 1. The zero-order valence-corrected chi connectivity index (χ0v) is 13.2. The lowest BCUT2D eigenvalue weighted by atomic mass is 10.00. The lowest BCUT2D eigenvalue weighted by molar-refractivity contribution is 0.221. The van der Waals surface area contributed by atoms with Gasteiger partial charge < -0.3 is 31.5 Å². The summed E-state index contributed by atoms with van der Waals surface area (Å²) < 4.78 is 11.1. The number of hydrogen-bond donors (Lipinski definition) is 4. The Labute approximate surface area is 139 Å². The van der Waals surface area contributed by atoms with Crippen LogP contribution in [0.3, 0.4) is 0 Å². The number of hydrogen-bond acceptors (Lipinski definition) is 6. The molecule has 1 atom stereocenters. The molecule has 1 aromatic heterocycles. The molecular weight excluding hydrogens is 306 g/mol. The highest BCUT2D eigenvalue weighted by Gasteiger charge is 2.21. The van der Waals surface area contributed by atoms with Gasteiger partial charge in [0.05, 0.1) is 12.2 Å². The first-order chi connectivity index (χ1) is 11.6. The van der Waals surface area contributed by atoms with Crippen molar-refractivity contribution in [1.29, 1.82) is 0 Å². The Kier molecular flexibility index (Phi) is 4.59. The Morgan fingerprint density at radius 2 is 1.83 bits per heavy atom. The van der Waals surface area contributed by atoms with Crippen molar-refractivity contribution < 1.29 is 14.3 Å². The van der Waals surface area contributed by atoms with E-state index in [1.807, 2.05) is 12.1 Å². The molecule has 0 amide bonds. The molecule has 2 aromatic carbocycles. The number of aliphatic hydroxyl groups is 1. The molecule has 24 heavy (non-hydrogen) atoms. The molecule has 0 bridgehead atoms. The predicted octanol–water partition coefficient (Wildman–Crippen LogP) is 2.41. The van der Waals surface area contributed by atoms with Crippen LogP contribution < -0.4 is 21.9 Å². The van der Waals surface area contributed by atoms with Crippen molar-refractivity contribution in [3.05, 3.63) is 53.6 Å². The molecule has 3 rings (SSSR count). The van der Waals surface area contributed by atoms with Gasteiger partial charge in [-0.1, -0.05) is 12.1 Å². The summed E-state index contributed by atoms with van der Waals surface area (Å²) in [6, 6.07) is 12.4. The number of fused-ring (bicyclic) bond motifs is 1. The van der Waals surface area contributed by atoms with E-state index in [1.165, 1.54) is 0 Å². The number of ether oxygens (including phenoxy) is 1. The van der Waals surface area contributed by atoms with Crippen molar-refractivity contribution in [3.63, 3.8) is 0 Å². The van der Waals surface area contributed by atoms with Crippen molar-refractivity contribution in [2.45, 2.75) is 12.5 Å². The minimum Gasteiger partial charge on any atom is -0.494 e. The lowest BCUT2D eigenvalue weighted by Crippen LogP contribution is -2.06. The standard InChI is InChI=1S/C18H21N3O3/c19-8-1-9-23-13-5-2-11(3-6-13)17(22)16-14-10-12(20)4-7-15(14)24-18(16)21/h2-7,10,17,22H,1,8-9,19-21H2. The van der Waals surface area contributed by atoms with Gasteiger partial charge in [0.15, 0.2) is 5.88 Å². The van der Waals surface area contributed by atoms with E-state index in [2.05, 4.69) is 0 Å². The molecule has 126 valence electrons. The van der Waals surface area contributed by atoms with E-state index in [0.29, 0.717) is 40.9 Å². The third kappa shape index (κ3) is 3.15. The topological polar surface area (TPSA) is 121 Å². The Hall–Kier alpha value is -2.70. The molecule has 7 N–H and O–H groups in total. The summed E-state index contributed by atoms with van der Waals surface area (Å²) >= 11 is 0. The van der Waals surface area contributed by atoms with E-state index < -0.39 is 6.10 Å². The van der Waals surface area contributed by atoms with Gasteiger partial charge in [0.25, 0.3) is 0 Å². The second-order valence-corrected chi connectivity index (χ2v) is 5.60. The molecule has 0 saturated carbocycles. The molecule has 1 heterocycles. The van der Waals surface area contributed by atoms with Gasteiger partial charge in [-0.2, -0.15) is 0 Å². The average Bonchev–Trinajstić information content (AvgIpc) is 2.90. The fourth-order valence-electron chi connectivity index (χ4n) is 2.62. The SMILES string of the molecule is NCCCOc1ccc(C(O)c2c(N)oc3ccc(N)cc23)cc1.